The van der Waals surface area contributed by atoms with E-state index >= 15 is 0 Å². The van der Waals surface area contributed by atoms with Gasteiger partial charge in [-0.3, -0.25) is 0 Å². The third-order valence-electron chi connectivity index (χ3n) is 2.81. The lowest BCUT2D eigenvalue weighted by Gasteiger charge is -2.00. The van der Waals surface area contributed by atoms with Crippen molar-refractivity contribution in [2.75, 3.05) is 0 Å². The van der Waals surface area contributed by atoms with Crippen molar-refractivity contribution >= 4 is 21.0 Å². The van der Waals surface area contributed by atoms with E-state index < -0.39 is 0 Å². The van der Waals surface area contributed by atoms with Crippen LogP contribution in [0, 0.1) is 0 Å². The van der Waals surface area contributed by atoms with E-state index in [2.05, 4.69) is 42.5 Å². The molecule has 0 radical (unpaired) electrons. The Morgan fingerprint density at radius 1 is 1.00 bits per heavy atom. The molecule has 0 spiro atoms. The summed E-state index contributed by atoms with van der Waals surface area (Å²) in [7, 11) is 1.14. The number of benzene rings is 2. The van der Waals surface area contributed by atoms with Gasteiger partial charge in [0.05, 0.1) is 5.73 Å². The maximum absolute atomic E-state index is 5.51. The van der Waals surface area contributed by atoms with Crippen molar-refractivity contribution in [2.24, 2.45) is 0 Å². The van der Waals surface area contributed by atoms with E-state index in [0.29, 0.717) is 11.8 Å². The van der Waals surface area contributed by atoms with Gasteiger partial charge in [-0.05, 0) is 22.4 Å². The minimum atomic E-state index is 0.395. The first-order valence-electron chi connectivity index (χ1n) is 4.99. The van der Waals surface area contributed by atoms with E-state index in [-0.39, 0.29) is 0 Å². The number of hydrogen-bond acceptors (Lipinski definition) is 1. The molecule has 3 rings (SSSR count). The summed E-state index contributed by atoms with van der Waals surface area (Å²) in [6.45, 7) is 0. The van der Waals surface area contributed by atoms with Crippen molar-refractivity contribution in [3.8, 4) is 0 Å². The van der Waals surface area contributed by atoms with Gasteiger partial charge in [-0.1, -0.05) is 36.4 Å². The predicted molar refractivity (Wildman–Crippen MR) is 61.5 cm³/mol. The summed E-state index contributed by atoms with van der Waals surface area (Å²) in [5.41, 5.74) is 1.87. The van der Waals surface area contributed by atoms with Crippen LogP contribution >= 0.6 is 0 Å². The molecule has 0 N–H and O–H groups in total. The standard InChI is InChI=1S/C12H12OSi/c14-12-11(13-12)10-6-5-8-3-1-2-4-9(8)7-10/h1-7,11-12H,14H3/t11-,12+/m0/s1. The molecule has 0 aliphatic carbocycles. The summed E-state index contributed by atoms with van der Waals surface area (Å²) in [5.74, 6) is 0. The van der Waals surface area contributed by atoms with Crippen molar-refractivity contribution in [2.45, 2.75) is 11.8 Å². The van der Waals surface area contributed by atoms with Gasteiger partial charge in [-0.25, -0.2) is 0 Å². The van der Waals surface area contributed by atoms with Crippen LogP contribution in [0.4, 0.5) is 0 Å². The van der Waals surface area contributed by atoms with Crippen LogP contribution in [-0.4, -0.2) is 16.0 Å². The van der Waals surface area contributed by atoms with Crippen molar-refractivity contribution in [1.29, 1.82) is 0 Å². The first-order chi connectivity index (χ1) is 6.84. The Kier molecular flexibility index (Phi) is 1.72. The molecule has 0 unspecified atom stereocenters. The summed E-state index contributed by atoms with van der Waals surface area (Å²) in [5, 5.41) is 2.62. The van der Waals surface area contributed by atoms with Gasteiger partial charge in [0, 0.05) is 10.2 Å². The van der Waals surface area contributed by atoms with Crippen LogP contribution in [0.25, 0.3) is 10.8 Å². The van der Waals surface area contributed by atoms with Gasteiger partial charge >= 0.3 is 0 Å². The molecule has 70 valence electrons. The fourth-order valence-electron chi connectivity index (χ4n) is 1.92. The van der Waals surface area contributed by atoms with Crippen molar-refractivity contribution < 1.29 is 4.74 Å². The van der Waals surface area contributed by atoms with Crippen LogP contribution in [-0.2, 0) is 4.74 Å². The van der Waals surface area contributed by atoms with Gasteiger partial charge in [0.1, 0.15) is 6.10 Å². The second kappa shape index (κ2) is 2.94. The third kappa shape index (κ3) is 1.27. The summed E-state index contributed by atoms with van der Waals surface area (Å²) >= 11 is 0. The highest BCUT2D eigenvalue weighted by Crippen LogP contribution is 2.37. The van der Waals surface area contributed by atoms with E-state index in [1.165, 1.54) is 16.3 Å². The van der Waals surface area contributed by atoms with Gasteiger partial charge in [-0.15, -0.1) is 0 Å². The molecule has 0 amide bonds. The quantitative estimate of drug-likeness (QED) is 0.503. The van der Waals surface area contributed by atoms with Gasteiger partial charge in [0.15, 0.2) is 0 Å². The molecular weight excluding hydrogens is 188 g/mol. The Balaban J connectivity index is 2.11. The number of hydrogen-bond donors (Lipinski definition) is 0. The molecule has 1 heterocycles. The van der Waals surface area contributed by atoms with Crippen molar-refractivity contribution in [1.82, 2.24) is 0 Å². The predicted octanol–water partition coefficient (Wildman–Crippen LogP) is 1.60. The Morgan fingerprint density at radius 3 is 2.43 bits per heavy atom. The molecule has 2 atom stereocenters. The van der Waals surface area contributed by atoms with Crippen molar-refractivity contribution in [3.05, 3.63) is 48.0 Å². The Morgan fingerprint density at radius 2 is 1.71 bits per heavy atom. The molecular formula is C12H12OSi. The van der Waals surface area contributed by atoms with Gasteiger partial charge in [0.2, 0.25) is 0 Å². The molecule has 2 aromatic carbocycles. The fourth-order valence-corrected chi connectivity index (χ4v) is 2.60. The van der Waals surface area contributed by atoms with Crippen LogP contribution in [0.2, 0.25) is 0 Å². The monoisotopic (exact) mass is 200 g/mol. The second-order valence-electron chi connectivity index (χ2n) is 3.87. The highest BCUT2D eigenvalue weighted by Gasteiger charge is 2.35. The van der Waals surface area contributed by atoms with Crippen LogP contribution in [0.15, 0.2) is 42.5 Å². The largest absolute Gasteiger partial charge is 0.369 e. The van der Waals surface area contributed by atoms with Crippen LogP contribution < -0.4 is 0 Å². The molecule has 1 nitrogen and oxygen atoms in total. The lowest BCUT2D eigenvalue weighted by molar-refractivity contribution is 0.404. The lowest BCUT2D eigenvalue weighted by atomic mass is 10.1. The number of fused-ring (bicyclic) bond motifs is 1. The first kappa shape index (κ1) is 8.21. The fraction of sp³-hybridized carbons (Fsp3) is 0.167. The normalized spacial score (nSPS) is 25.4. The van der Waals surface area contributed by atoms with E-state index in [9.17, 15) is 0 Å². The Bertz CT molecular complexity index is 480. The Labute approximate surface area is 86.1 Å². The zero-order chi connectivity index (χ0) is 9.54. The SMILES string of the molecule is [SiH3][C@H]1O[C@H]1c1ccc2ccccc2c1. The Hall–Kier alpha value is -1.12. The molecule has 14 heavy (non-hydrogen) atoms. The van der Waals surface area contributed by atoms with E-state index in [1.807, 2.05) is 0 Å². The third-order valence-corrected chi connectivity index (χ3v) is 3.69. The van der Waals surface area contributed by atoms with E-state index in [1.54, 1.807) is 0 Å². The average Bonchev–Trinajstić information content (AvgIpc) is 2.95. The summed E-state index contributed by atoms with van der Waals surface area (Å²) < 4.78 is 5.51. The van der Waals surface area contributed by atoms with Crippen LogP contribution in [0.1, 0.15) is 11.7 Å². The maximum atomic E-state index is 5.51. The van der Waals surface area contributed by atoms with Crippen molar-refractivity contribution in [3.63, 3.8) is 0 Å². The van der Waals surface area contributed by atoms with E-state index in [0.717, 1.165) is 10.2 Å². The van der Waals surface area contributed by atoms with Gasteiger partial charge in [0.25, 0.3) is 0 Å². The number of rotatable bonds is 1. The number of ether oxygens (including phenoxy) is 1. The zero-order valence-electron chi connectivity index (χ0n) is 8.10. The molecule has 2 aromatic rings. The molecule has 1 saturated heterocycles. The molecule has 2 heteroatoms. The molecule has 0 aromatic heterocycles. The molecule has 1 fully saturated rings. The zero-order valence-corrected chi connectivity index (χ0v) is 10.1. The highest BCUT2D eigenvalue weighted by molar-refractivity contribution is 6.13. The first-order valence-corrected chi connectivity index (χ1v) is 6.14. The molecule has 1 aliphatic rings. The van der Waals surface area contributed by atoms with E-state index in [4.69, 9.17) is 4.74 Å². The molecule has 0 saturated carbocycles. The lowest BCUT2D eigenvalue weighted by Crippen LogP contribution is -1.86. The maximum Gasteiger partial charge on any atom is 0.105 e. The van der Waals surface area contributed by atoms with Gasteiger partial charge < -0.3 is 4.74 Å². The molecule has 1 aliphatic heterocycles. The molecule has 0 bridgehead atoms. The number of epoxide rings is 1. The average molecular weight is 200 g/mol. The summed E-state index contributed by atoms with van der Waals surface area (Å²) in [6, 6.07) is 15.1. The van der Waals surface area contributed by atoms with Gasteiger partial charge in [-0.2, -0.15) is 0 Å². The van der Waals surface area contributed by atoms with Crippen LogP contribution in [0.3, 0.4) is 0 Å². The smallest absolute Gasteiger partial charge is 0.105 e. The second-order valence-corrected chi connectivity index (χ2v) is 5.01. The summed E-state index contributed by atoms with van der Waals surface area (Å²) in [4.78, 5) is 0. The van der Waals surface area contributed by atoms with Crippen LogP contribution in [0.5, 0.6) is 0 Å². The minimum absolute atomic E-state index is 0.395. The minimum Gasteiger partial charge on any atom is -0.369 e. The highest BCUT2D eigenvalue weighted by atomic mass is 28.1. The summed E-state index contributed by atoms with van der Waals surface area (Å²) in [6.07, 6.45) is 0.395. The topological polar surface area (TPSA) is 12.5 Å².